The molecule has 16 heavy (non-hydrogen) atoms. The molecule has 0 aromatic heterocycles. The molecular formula is C13H15ClO2. The molecule has 1 saturated heterocycles. The van der Waals surface area contributed by atoms with Crippen LogP contribution in [0.1, 0.15) is 31.2 Å². The number of alkyl halides is 1. The molecule has 0 amide bonds. The van der Waals surface area contributed by atoms with Gasteiger partial charge >= 0.3 is 5.97 Å². The molecule has 0 saturated carbocycles. The molecule has 3 heteroatoms. The second kappa shape index (κ2) is 4.10. The second-order valence-electron chi connectivity index (χ2n) is 4.84. The number of cyclic esters (lactones) is 1. The summed E-state index contributed by atoms with van der Waals surface area (Å²) < 4.78 is 5.32. The number of carbonyl (C=O) groups excluding carboxylic acids is 1. The third kappa shape index (κ3) is 2.07. The summed E-state index contributed by atoms with van der Waals surface area (Å²) in [4.78, 5) is 11.6. The Hall–Kier alpha value is -1.02. The molecule has 0 aliphatic carbocycles. The number of carbonyl (C=O) groups is 1. The number of hydrogen-bond acceptors (Lipinski definition) is 2. The molecule has 1 aromatic carbocycles. The summed E-state index contributed by atoms with van der Waals surface area (Å²) in [5.41, 5.74) is 0.590. The van der Waals surface area contributed by atoms with Gasteiger partial charge in [-0.05, 0) is 19.4 Å². The molecule has 1 fully saturated rings. The number of rotatable bonds is 2. The Labute approximate surface area is 101 Å². The van der Waals surface area contributed by atoms with Gasteiger partial charge in [0.25, 0.3) is 0 Å². The van der Waals surface area contributed by atoms with E-state index in [0.717, 1.165) is 5.56 Å². The van der Waals surface area contributed by atoms with Gasteiger partial charge in [-0.1, -0.05) is 30.3 Å². The van der Waals surface area contributed by atoms with Crippen LogP contribution in [-0.2, 0) is 9.53 Å². The lowest BCUT2D eigenvalue weighted by molar-refractivity contribution is -0.147. The van der Waals surface area contributed by atoms with Crippen molar-refractivity contribution in [2.45, 2.75) is 31.7 Å². The van der Waals surface area contributed by atoms with Gasteiger partial charge in [0.2, 0.25) is 0 Å². The Morgan fingerprint density at radius 2 is 2.00 bits per heavy atom. The predicted molar refractivity (Wildman–Crippen MR) is 63.3 cm³/mol. The molecule has 1 aromatic rings. The van der Waals surface area contributed by atoms with E-state index in [1.807, 2.05) is 44.2 Å². The third-order valence-corrected chi connectivity index (χ3v) is 3.50. The summed E-state index contributed by atoms with van der Waals surface area (Å²) in [6.07, 6.45) is 0.459. The van der Waals surface area contributed by atoms with Crippen LogP contribution in [0.2, 0.25) is 0 Å². The van der Waals surface area contributed by atoms with E-state index in [4.69, 9.17) is 16.3 Å². The maximum absolute atomic E-state index is 11.6. The van der Waals surface area contributed by atoms with Crippen molar-refractivity contribution in [2.24, 2.45) is 5.41 Å². The van der Waals surface area contributed by atoms with E-state index >= 15 is 0 Å². The highest BCUT2D eigenvalue weighted by Crippen LogP contribution is 2.40. The van der Waals surface area contributed by atoms with Crippen LogP contribution in [0.15, 0.2) is 30.3 Å². The lowest BCUT2D eigenvalue weighted by Gasteiger charge is -2.16. The van der Waals surface area contributed by atoms with Crippen molar-refractivity contribution in [1.82, 2.24) is 0 Å². The molecular weight excluding hydrogens is 224 g/mol. The Bertz CT molecular complexity index is 386. The average molecular weight is 239 g/mol. The van der Waals surface area contributed by atoms with E-state index in [0.29, 0.717) is 6.42 Å². The highest BCUT2D eigenvalue weighted by atomic mass is 35.5. The van der Waals surface area contributed by atoms with Gasteiger partial charge in [0.05, 0.1) is 10.8 Å². The monoisotopic (exact) mass is 238 g/mol. The van der Waals surface area contributed by atoms with Crippen molar-refractivity contribution in [3.63, 3.8) is 0 Å². The fourth-order valence-electron chi connectivity index (χ4n) is 1.94. The van der Waals surface area contributed by atoms with Crippen LogP contribution in [0, 0.1) is 5.41 Å². The van der Waals surface area contributed by atoms with Crippen LogP contribution in [-0.4, -0.2) is 12.1 Å². The predicted octanol–water partition coefficient (Wildman–Crippen LogP) is 3.31. The molecule has 2 rings (SSSR count). The highest BCUT2D eigenvalue weighted by molar-refractivity contribution is 6.21. The largest absolute Gasteiger partial charge is 0.460 e. The van der Waals surface area contributed by atoms with Gasteiger partial charge in [-0.15, -0.1) is 11.6 Å². The molecule has 0 unspecified atom stereocenters. The van der Waals surface area contributed by atoms with Crippen molar-refractivity contribution >= 4 is 17.6 Å². The van der Waals surface area contributed by atoms with Gasteiger partial charge in [-0.2, -0.15) is 0 Å². The number of benzene rings is 1. The number of hydrogen-bond donors (Lipinski definition) is 0. The van der Waals surface area contributed by atoms with Crippen molar-refractivity contribution < 1.29 is 9.53 Å². The molecule has 1 heterocycles. The van der Waals surface area contributed by atoms with Crippen LogP contribution in [0.3, 0.4) is 0 Å². The highest BCUT2D eigenvalue weighted by Gasteiger charge is 2.44. The van der Waals surface area contributed by atoms with Crippen molar-refractivity contribution in [3.8, 4) is 0 Å². The smallest absolute Gasteiger partial charge is 0.311 e. The molecule has 2 atom stereocenters. The Balaban J connectivity index is 2.14. The van der Waals surface area contributed by atoms with Crippen LogP contribution in [0.4, 0.5) is 0 Å². The van der Waals surface area contributed by atoms with E-state index in [9.17, 15) is 4.79 Å². The molecule has 86 valence electrons. The minimum Gasteiger partial charge on any atom is -0.460 e. The minimum atomic E-state index is -0.410. The third-order valence-electron chi connectivity index (χ3n) is 2.97. The minimum absolute atomic E-state index is 0.154. The maximum atomic E-state index is 11.6. The Morgan fingerprint density at radius 1 is 1.38 bits per heavy atom. The fourth-order valence-corrected chi connectivity index (χ4v) is 2.23. The van der Waals surface area contributed by atoms with Gasteiger partial charge in [-0.25, -0.2) is 0 Å². The van der Waals surface area contributed by atoms with Crippen LogP contribution in [0.5, 0.6) is 0 Å². The summed E-state index contributed by atoms with van der Waals surface area (Å²) >= 11 is 6.33. The molecule has 2 nitrogen and oxygen atoms in total. The van der Waals surface area contributed by atoms with Crippen LogP contribution >= 0.6 is 11.6 Å². The summed E-state index contributed by atoms with van der Waals surface area (Å²) in [7, 11) is 0. The first-order chi connectivity index (χ1) is 7.50. The van der Waals surface area contributed by atoms with Crippen LogP contribution < -0.4 is 0 Å². The summed E-state index contributed by atoms with van der Waals surface area (Å²) in [5, 5.41) is -0.257. The SMILES string of the molecule is CC1(C)C[C@@H]([C@H](Cl)c2ccccc2)OC1=O. The zero-order valence-electron chi connectivity index (χ0n) is 9.44. The second-order valence-corrected chi connectivity index (χ2v) is 5.31. The maximum Gasteiger partial charge on any atom is 0.311 e. The molecule has 0 spiro atoms. The van der Waals surface area contributed by atoms with Gasteiger partial charge in [-0.3, -0.25) is 4.79 Å². The molecule has 0 N–H and O–H groups in total. The lowest BCUT2D eigenvalue weighted by Crippen LogP contribution is -2.16. The summed E-state index contributed by atoms with van der Waals surface area (Å²) in [6.45, 7) is 3.79. The number of ether oxygens (including phenoxy) is 1. The first-order valence-corrected chi connectivity index (χ1v) is 5.84. The van der Waals surface area contributed by atoms with Gasteiger partial charge < -0.3 is 4.74 Å². The van der Waals surface area contributed by atoms with Crippen LogP contribution in [0.25, 0.3) is 0 Å². The first kappa shape index (κ1) is 11.5. The molecule has 0 radical (unpaired) electrons. The zero-order valence-corrected chi connectivity index (χ0v) is 10.2. The normalized spacial score (nSPS) is 25.2. The van der Waals surface area contributed by atoms with Gasteiger partial charge in [0, 0.05) is 6.42 Å². The lowest BCUT2D eigenvalue weighted by atomic mass is 9.88. The fraction of sp³-hybridized carbons (Fsp3) is 0.462. The average Bonchev–Trinajstić information content (AvgIpc) is 2.54. The van der Waals surface area contributed by atoms with E-state index < -0.39 is 5.41 Å². The van der Waals surface area contributed by atoms with E-state index in [1.54, 1.807) is 0 Å². The summed E-state index contributed by atoms with van der Waals surface area (Å²) in [6, 6.07) is 9.73. The standard InChI is InChI=1S/C13H15ClO2/c1-13(2)8-10(16-12(13)15)11(14)9-6-4-3-5-7-9/h3-7,10-11H,8H2,1-2H3/t10-,11+/m0/s1. The topological polar surface area (TPSA) is 26.3 Å². The van der Waals surface area contributed by atoms with Gasteiger partial charge in [0.15, 0.2) is 0 Å². The number of esters is 1. The van der Waals surface area contributed by atoms with Crippen molar-refractivity contribution in [3.05, 3.63) is 35.9 Å². The molecule has 1 aliphatic heterocycles. The van der Waals surface area contributed by atoms with Crippen molar-refractivity contribution in [1.29, 1.82) is 0 Å². The van der Waals surface area contributed by atoms with E-state index in [2.05, 4.69) is 0 Å². The van der Waals surface area contributed by atoms with E-state index in [1.165, 1.54) is 0 Å². The van der Waals surface area contributed by atoms with Gasteiger partial charge in [0.1, 0.15) is 6.10 Å². The first-order valence-electron chi connectivity index (χ1n) is 5.41. The number of halogens is 1. The Morgan fingerprint density at radius 3 is 2.50 bits per heavy atom. The summed E-state index contributed by atoms with van der Waals surface area (Å²) in [5.74, 6) is -0.154. The molecule has 1 aliphatic rings. The van der Waals surface area contributed by atoms with Crippen molar-refractivity contribution in [2.75, 3.05) is 0 Å². The quantitative estimate of drug-likeness (QED) is 0.584. The molecule has 0 bridgehead atoms. The zero-order chi connectivity index (χ0) is 11.8. The Kier molecular flexibility index (Phi) is 2.94. The van der Waals surface area contributed by atoms with E-state index in [-0.39, 0.29) is 17.5 Å².